The predicted octanol–water partition coefficient (Wildman–Crippen LogP) is 6.27. The Kier molecular flexibility index (Phi) is 7.88. The number of amides is 1. The van der Waals surface area contributed by atoms with Gasteiger partial charge >= 0.3 is 5.97 Å². The molecule has 0 spiro atoms. The topological polar surface area (TPSA) is 78.4 Å². The molecule has 0 aliphatic carbocycles. The van der Waals surface area contributed by atoms with Gasteiger partial charge in [-0.3, -0.25) is 4.79 Å². The van der Waals surface area contributed by atoms with E-state index >= 15 is 0 Å². The van der Waals surface area contributed by atoms with Crippen molar-refractivity contribution >= 4 is 23.3 Å². The molecule has 0 heterocycles. The highest BCUT2D eigenvalue weighted by Gasteiger charge is 2.16. The molecule has 3 aromatic carbocycles. The minimum Gasteiger partial charge on any atom is -0.478 e. The molecule has 0 unspecified atom stereocenters. The van der Waals surface area contributed by atoms with Crippen molar-refractivity contribution < 1.29 is 14.7 Å². The van der Waals surface area contributed by atoms with Crippen LogP contribution in [0.4, 0.5) is 11.4 Å². The number of para-hydroxylation sites is 2. The van der Waals surface area contributed by atoms with Crippen molar-refractivity contribution in [3.8, 4) is 0 Å². The molecule has 0 saturated carbocycles. The molecule has 0 saturated heterocycles. The maximum absolute atomic E-state index is 12.9. The number of carboxylic acid groups (broad SMARTS) is 1. The van der Waals surface area contributed by atoms with Crippen LogP contribution in [0.1, 0.15) is 72.1 Å². The highest BCUT2D eigenvalue weighted by atomic mass is 16.4. The molecule has 0 aromatic heterocycles. The first-order valence-electron chi connectivity index (χ1n) is 11.3. The molecular formula is C28H32N2O3. The zero-order valence-electron chi connectivity index (χ0n) is 19.7. The maximum Gasteiger partial charge on any atom is 0.335 e. The van der Waals surface area contributed by atoms with Crippen LogP contribution in [0.3, 0.4) is 0 Å². The molecule has 3 rings (SSSR count). The van der Waals surface area contributed by atoms with Crippen LogP contribution in [0.15, 0.2) is 66.7 Å². The van der Waals surface area contributed by atoms with Crippen LogP contribution >= 0.6 is 0 Å². The van der Waals surface area contributed by atoms with E-state index in [1.54, 1.807) is 12.1 Å². The van der Waals surface area contributed by atoms with Crippen LogP contribution in [-0.2, 0) is 11.2 Å². The Hall–Kier alpha value is -3.60. The summed E-state index contributed by atoms with van der Waals surface area (Å²) in [6.07, 6.45) is 0.637. The minimum absolute atomic E-state index is 0.0920. The quantitative estimate of drug-likeness (QED) is 0.363. The molecule has 0 bridgehead atoms. The Morgan fingerprint density at radius 2 is 1.42 bits per heavy atom. The summed E-state index contributed by atoms with van der Waals surface area (Å²) in [7, 11) is 0. The Morgan fingerprint density at radius 3 is 2.00 bits per heavy atom. The highest BCUT2D eigenvalue weighted by molar-refractivity contribution is 5.95. The van der Waals surface area contributed by atoms with Crippen LogP contribution in [0.25, 0.3) is 0 Å². The zero-order valence-corrected chi connectivity index (χ0v) is 19.7. The first kappa shape index (κ1) is 24.1. The van der Waals surface area contributed by atoms with Gasteiger partial charge in [0, 0.05) is 11.4 Å². The first-order chi connectivity index (χ1) is 15.8. The van der Waals surface area contributed by atoms with Crippen molar-refractivity contribution in [3.05, 3.63) is 94.5 Å². The van der Waals surface area contributed by atoms with Crippen molar-refractivity contribution in [2.75, 3.05) is 17.2 Å². The third kappa shape index (κ3) is 6.22. The second-order valence-corrected chi connectivity index (χ2v) is 8.86. The van der Waals surface area contributed by atoms with Gasteiger partial charge in [-0.25, -0.2) is 4.79 Å². The van der Waals surface area contributed by atoms with Crippen LogP contribution in [0.2, 0.25) is 0 Å². The molecule has 3 aromatic rings. The highest BCUT2D eigenvalue weighted by Crippen LogP contribution is 2.32. The summed E-state index contributed by atoms with van der Waals surface area (Å²) in [4.78, 5) is 24.0. The van der Waals surface area contributed by atoms with Gasteiger partial charge in [0.05, 0.1) is 12.1 Å². The molecule has 172 valence electrons. The van der Waals surface area contributed by atoms with E-state index in [0.717, 1.165) is 33.6 Å². The summed E-state index contributed by atoms with van der Waals surface area (Å²) in [6.45, 7) is 8.68. The fraction of sp³-hybridized carbons (Fsp3) is 0.286. The van der Waals surface area contributed by atoms with E-state index in [9.17, 15) is 9.59 Å². The summed E-state index contributed by atoms with van der Waals surface area (Å²) >= 11 is 0. The van der Waals surface area contributed by atoms with Crippen molar-refractivity contribution in [2.45, 2.75) is 46.0 Å². The summed E-state index contributed by atoms with van der Waals surface area (Å²) in [5.74, 6) is -0.416. The van der Waals surface area contributed by atoms with E-state index < -0.39 is 5.97 Å². The third-order valence-electron chi connectivity index (χ3n) is 5.69. The Balaban J connectivity index is 1.71. The largest absolute Gasteiger partial charge is 0.478 e. The number of hydrogen-bond acceptors (Lipinski definition) is 3. The molecule has 0 aliphatic rings. The van der Waals surface area contributed by atoms with Gasteiger partial charge in [0.1, 0.15) is 0 Å². The second-order valence-electron chi connectivity index (χ2n) is 8.86. The van der Waals surface area contributed by atoms with E-state index in [1.165, 1.54) is 0 Å². The lowest BCUT2D eigenvalue weighted by atomic mass is 9.92. The monoisotopic (exact) mass is 444 g/mol. The van der Waals surface area contributed by atoms with E-state index in [2.05, 4.69) is 56.5 Å². The van der Waals surface area contributed by atoms with Gasteiger partial charge in [0.25, 0.3) is 0 Å². The number of aromatic carboxylic acids is 1. The van der Waals surface area contributed by atoms with Gasteiger partial charge in [-0.15, -0.1) is 0 Å². The number of anilines is 2. The van der Waals surface area contributed by atoms with Crippen LogP contribution < -0.4 is 10.6 Å². The van der Waals surface area contributed by atoms with Crippen LogP contribution in [-0.4, -0.2) is 23.5 Å². The third-order valence-corrected chi connectivity index (χ3v) is 5.69. The van der Waals surface area contributed by atoms with Gasteiger partial charge in [0.2, 0.25) is 5.91 Å². The molecular weight excluding hydrogens is 412 g/mol. The Morgan fingerprint density at radius 1 is 0.818 bits per heavy atom. The lowest BCUT2D eigenvalue weighted by molar-refractivity contribution is -0.114. The van der Waals surface area contributed by atoms with Gasteiger partial charge in [-0.2, -0.15) is 0 Å². The molecule has 0 aliphatic heterocycles. The van der Waals surface area contributed by atoms with Crippen molar-refractivity contribution in [3.63, 3.8) is 0 Å². The van der Waals surface area contributed by atoms with Crippen LogP contribution in [0.5, 0.6) is 0 Å². The molecule has 0 radical (unpaired) electrons. The Bertz CT molecular complexity index is 1090. The molecule has 5 nitrogen and oxygen atoms in total. The normalized spacial score (nSPS) is 11.0. The molecule has 0 atom stereocenters. The van der Waals surface area contributed by atoms with Gasteiger partial charge < -0.3 is 15.7 Å². The Labute approximate surface area is 195 Å². The number of rotatable bonds is 9. The minimum atomic E-state index is -0.936. The number of carboxylic acids is 1. The summed E-state index contributed by atoms with van der Waals surface area (Å²) in [6, 6.07) is 20.9. The molecule has 1 amide bonds. The zero-order chi connectivity index (χ0) is 24.0. The predicted molar refractivity (Wildman–Crippen MR) is 134 cm³/mol. The van der Waals surface area contributed by atoms with Gasteiger partial charge in [-0.05, 0) is 58.7 Å². The standard InChI is InChI=1S/C28H32N2O3/c1-18(2)23-9-7-10-24(19(3)4)27(23)30-26(31)17-29-25-11-6-5-8-22(25)16-20-12-14-21(15-13-20)28(32)33/h5-15,18-19,29H,16-17H2,1-4H3,(H,30,31)(H,32,33). The SMILES string of the molecule is CC(C)c1cccc(C(C)C)c1NC(=O)CNc1ccccc1Cc1ccc(C(=O)O)cc1. The first-order valence-corrected chi connectivity index (χ1v) is 11.3. The lowest BCUT2D eigenvalue weighted by Crippen LogP contribution is -2.24. The molecule has 5 heteroatoms. The van der Waals surface area contributed by atoms with E-state index in [1.807, 2.05) is 36.4 Å². The second kappa shape index (κ2) is 10.8. The van der Waals surface area contributed by atoms with Gasteiger partial charge in [0.15, 0.2) is 0 Å². The number of benzene rings is 3. The van der Waals surface area contributed by atoms with Gasteiger partial charge in [-0.1, -0.05) is 76.2 Å². The number of carbonyl (C=O) groups is 2. The summed E-state index contributed by atoms with van der Waals surface area (Å²) in [5.41, 5.74) is 6.39. The van der Waals surface area contributed by atoms with Crippen molar-refractivity contribution in [1.82, 2.24) is 0 Å². The average molecular weight is 445 g/mol. The van der Waals surface area contributed by atoms with Crippen molar-refractivity contribution in [2.24, 2.45) is 0 Å². The fourth-order valence-corrected chi connectivity index (χ4v) is 3.89. The van der Waals surface area contributed by atoms with Crippen LogP contribution in [0, 0.1) is 0 Å². The summed E-state index contributed by atoms with van der Waals surface area (Å²) < 4.78 is 0. The maximum atomic E-state index is 12.9. The lowest BCUT2D eigenvalue weighted by Gasteiger charge is -2.20. The van der Waals surface area contributed by atoms with E-state index in [4.69, 9.17) is 5.11 Å². The van der Waals surface area contributed by atoms with Crippen molar-refractivity contribution in [1.29, 1.82) is 0 Å². The number of carbonyl (C=O) groups excluding carboxylic acids is 1. The summed E-state index contributed by atoms with van der Waals surface area (Å²) in [5, 5.41) is 15.5. The molecule has 3 N–H and O–H groups in total. The fourth-order valence-electron chi connectivity index (χ4n) is 3.89. The number of hydrogen-bond donors (Lipinski definition) is 3. The van der Waals surface area contributed by atoms with E-state index in [0.29, 0.717) is 18.3 Å². The molecule has 0 fully saturated rings. The smallest absolute Gasteiger partial charge is 0.335 e. The molecule has 33 heavy (non-hydrogen) atoms. The average Bonchev–Trinajstić information content (AvgIpc) is 2.78. The van der Waals surface area contributed by atoms with E-state index in [-0.39, 0.29) is 18.0 Å². The number of nitrogens with one attached hydrogen (secondary N) is 2.